The molecular formula is C14H17BrClNO4. The molecule has 0 bridgehead atoms. The van der Waals surface area contributed by atoms with Gasteiger partial charge < -0.3 is 14.8 Å². The van der Waals surface area contributed by atoms with Crippen LogP contribution in [0.25, 0.3) is 0 Å². The van der Waals surface area contributed by atoms with E-state index in [1.54, 1.807) is 18.2 Å². The first-order chi connectivity index (χ1) is 9.92. The van der Waals surface area contributed by atoms with Gasteiger partial charge in [0.05, 0.1) is 4.47 Å². The van der Waals surface area contributed by atoms with E-state index in [1.165, 1.54) is 0 Å². The molecule has 0 fully saturated rings. The molecule has 0 saturated carbocycles. The van der Waals surface area contributed by atoms with E-state index in [0.717, 1.165) is 6.42 Å². The van der Waals surface area contributed by atoms with Crippen LogP contribution in [0.2, 0.25) is 5.02 Å². The quantitative estimate of drug-likeness (QED) is 0.741. The van der Waals surface area contributed by atoms with Crippen molar-refractivity contribution in [2.24, 2.45) is 0 Å². The van der Waals surface area contributed by atoms with Crippen LogP contribution in [0.15, 0.2) is 22.7 Å². The SMILES string of the molecule is CCC(C)NC(=O)COC(=O)COc1ccc(Cl)cc1Br. The Labute approximate surface area is 137 Å². The summed E-state index contributed by atoms with van der Waals surface area (Å²) < 4.78 is 10.7. The van der Waals surface area contributed by atoms with Gasteiger partial charge in [-0.05, 0) is 47.5 Å². The molecule has 0 aliphatic rings. The van der Waals surface area contributed by atoms with Crippen LogP contribution in [0.1, 0.15) is 20.3 Å². The van der Waals surface area contributed by atoms with E-state index in [-0.39, 0.29) is 25.2 Å². The first kappa shape index (κ1) is 17.8. The summed E-state index contributed by atoms with van der Waals surface area (Å²) in [5, 5.41) is 3.25. The van der Waals surface area contributed by atoms with Gasteiger partial charge in [0.2, 0.25) is 0 Å². The lowest BCUT2D eigenvalue weighted by molar-refractivity contribution is -0.150. The predicted octanol–water partition coefficient (Wildman–Crippen LogP) is 2.94. The van der Waals surface area contributed by atoms with Crippen molar-refractivity contribution in [2.45, 2.75) is 26.3 Å². The second-order valence-corrected chi connectivity index (χ2v) is 5.69. The number of esters is 1. The molecule has 1 amide bonds. The third-order valence-electron chi connectivity index (χ3n) is 2.62. The van der Waals surface area contributed by atoms with Crippen LogP contribution in [-0.2, 0) is 14.3 Å². The van der Waals surface area contributed by atoms with Crippen molar-refractivity contribution in [3.05, 3.63) is 27.7 Å². The van der Waals surface area contributed by atoms with E-state index in [2.05, 4.69) is 21.2 Å². The lowest BCUT2D eigenvalue weighted by Gasteiger charge is -2.12. The number of carbonyl (C=O) groups is 2. The van der Waals surface area contributed by atoms with Gasteiger partial charge in [0.1, 0.15) is 5.75 Å². The zero-order chi connectivity index (χ0) is 15.8. The highest BCUT2D eigenvalue weighted by Gasteiger charge is 2.11. The molecule has 0 aromatic heterocycles. The van der Waals surface area contributed by atoms with Crippen LogP contribution in [0.5, 0.6) is 5.75 Å². The Morgan fingerprint density at radius 1 is 1.38 bits per heavy atom. The third-order valence-corrected chi connectivity index (χ3v) is 3.48. The maximum Gasteiger partial charge on any atom is 0.344 e. The molecule has 0 heterocycles. The molecule has 5 nitrogen and oxygen atoms in total. The van der Waals surface area contributed by atoms with Gasteiger partial charge in [-0.3, -0.25) is 4.79 Å². The zero-order valence-corrected chi connectivity index (χ0v) is 14.2. The fraction of sp³-hybridized carbons (Fsp3) is 0.429. The third kappa shape index (κ3) is 6.82. The highest BCUT2D eigenvalue weighted by molar-refractivity contribution is 9.10. The molecule has 0 radical (unpaired) electrons. The van der Waals surface area contributed by atoms with Crippen LogP contribution in [0.4, 0.5) is 0 Å². The summed E-state index contributed by atoms with van der Waals surface area (Å²) in [4.78, 5) is 22.9. The average molecular weight is 379 g/mol. The minimum Gasteiger partial charge on any atom is -0.481 e. The molecule has 1 N–H and O–H groups in total. The lowest BCUT2D eigenvalue weighted by atomic mass is 10.2. The Hall–Kier alpha value is -1.27. The normalized spacial score (nSPS) is 11.6. The van der Waals surface area contributed by atoms with Crippen molar-refractivity contribution < 1.29 is 19.1 Å². The Bertz CT molecular complexity index is 510. The van der Waals surface area contributed by atoms with Gasteiger partial charge in [-0.2, -0.15) is 0 Å². The van der Waals surface area contributed by atoms with Gasteiger partial charge in [0.15, 0.2) is 13.2 Å². The summed E-state index contributed by atoms with van der Waals surface area (Å²) in [6, 6.07) is 4.99. The molecule has 1 aromatic rings. The number of carbonyl (C=O) groups excluding carboxylic acids is 2. The first-order valence-corrected chi connectivity index (χ1v) is 7.62. The highest BCUT2D eigenvalue weighted by atomic mass is 79.9. The smallest absolute Gasteiger partial charge is 0.344 e. The van der Waals surface area contributed by atoms with E-state index < -0.39 is 5.97 Å². The number of hydrogen-bond donors (Lipinski definition) is 1. The Morgan fingerprint density at radius 3 is 2.71 bits per heavy atom. The van der Waals surface area contributed by atoms with Crippen LogP contribution in [0, 0.1) is 0 Å². The maximum atomic E-state index is 11.5. The summed E-state index contributed by atoms with van der Waals surface area (Å²) in [5.74, 6) is -0.470. The molecule has 1 rings (SSSR count). The van der Waals surface area contributed by atoms with Gasteiger partial charge >= 0.3 is 5.97 Å². The topological polar surface area (TPSA) is 64.6 Å². The Kier molecular flexibility index (Phi) is 7.53. The van der Waals surface area contributed by atoms with Gasteiger partial charge in [-0.1, -0.05) is 18.5 Å². The number of rotatable bonds is 7. The summed E-state index contributed by atoms with van der Waals surface area (Å²) in [5.41, 5.74) is 0. The van der Waals surface area contributed by atoms with E-state index >= 15 is 0 Å². The van der Waals surface area contributed by atoms with E-state index in [1.807, 2.05) is 13.8 Å². The fourth-order valence-electron chi connectivity index (χ4n) is 1.34. The van der Waals surface area contributed by atoms with Crippen molar-refractivity contribution in [3.63, 3.8) is 0 Å². The molecule has 1 aromatic carbocycles. The van der Waals surface area contributed by atoms with Crippen molar-refractivity contribution in [3.8, 4) is 5.75 Å². The van der Waals surface area contributed by atoms with Crippen LogP contribution >= 0.6 is 27.5 Å². The molecule has 21 heavy (non-hydrogen) atoms. The van der Waals surface area contributed by atoms with Gasteiger partial charge in [-0.15, -0.1) is 0 Å². The molecule has 1 unspecified atom stereocenters. The summed E-state index contributed by atoms with van der Waals surface area (Å²) in [6.45, 7) is 3.24. The van der Waals surface area contributed by atoms with Gasteiger partial charge in [-0.25, -0.2) is 4.79 Å². The number of nitrogens with one attached hydrogen (secondary N) is 1. The Balaban J connectivity index is 2.32. The molecule has 0 saturated heterocycles. The number of benzene rings is 1. The predicted molar refractivity (Wildman–Crippen MR) is 83.5 cm³/mol. The molecule has 0 aliphatic heterocycles. The monoisotopic (exact) mass is 377 g/mol. The van der Waals surface area contributed by atoms with Crippen LogP contribution in [-0.4, -0.2) is 31.1 Å². The molecule has 116 valence electrons. The van der Waals surface area contributed by atoms with E-state index in [4.69, 9.17) is 21.1 Å². The molecule has 7 heteroatoms. The average Bonchev–Trinajstić information content (AvgIpc) is 2.44. The molecule has 1 atom stereocenters. The molecule has 0 aliphatic carbocycles. The van der Waals surface area contributed by atoms with Gasteiger partial charge in [0, 0.05) is 11.1 Å². The first-order valence-electron chi connectivity index (χ1n) is 6.45. The Morgan fingerprint density at radius 2 is 2.10 bits per heavy atom. The van der Waals surface area contributed by atoms with Crippen molar-refractivity contribution in [1.82, 2.24) is 5.32 Å². The largest absolute Gasteiger partial charge is 0.481 e. The number of ether oxygens (including phenoxy) is 2. The van der Waals surface area contributed by atoms with E-state index in [9.17, 15) is 9.59 Å². The highest BCUT2D eigenvalue weighted by Crippen LogP contribution is 2.27. The summed E-state index contributed by atoms with van der Waals surface area (Å²) in [7, 11) is 0. The molecular weight excluding hydrogens is 362 g/mol. The van der Waals surface area contributed by atoms with Gasteiger partial charge in [0.25, 0.3) is 5.91 Å². The minimum absolute atomic E-state index is 0.0532. The maximum absolute atomic E-state index is 11.5. The van der Waals surface area contributed by atoms with Crippen molar-refractivity contribution >= 4 is 39.4 Å². The summed E-state index contributed by atoms with van der Waals surface area (Å²) in [6.07, 6.45) is 0.813. The number of halogens is 2. The number of amides is 1. The van der Waals surface area contributed by atoms with Crippen LogP contribution in [0.3, 0.4) is 0 Å². The fourth-order valence-corrected chi connectivity index (χ4v) is 2.13. The van der Waals surface area contributed by atoms with Crippen LogP contribution < -0.4 is 10.1 Å². The minimum atomic E-state index is -0.615. The summed E-state index contributed by atoms with van der Waals surface area (Å²) >= 11 is 9.06. The van der Waals surface area contributed by atoms with Crippen molar-refractivity contribution in [1.29, 1.82) is 0 Å². The second-order valence-electron chi connectivity index (χ2n) is 4.40. The standard InChI is InChI=1S/C14H17BrClNO4/c1-3-9(2)17-13(18)7-21-14(19)8-20-12-5-4-10(16)6-11(12)15/h4-6,9H,3,7-8H2,1-2H3,(H,17,18). The lowest BCUT2D eigenvalue weighted by Crippen LogP contribution is -2.35. The zero-order valence-electron chi connectivity index (χ0n) is 11.8. The second kappa shape index (κ2) is 8.89. The van der Waals surface area contributed by atoms with E-state index in [0.29, 0.717) is 15.2 Å². The molecule has 0 spiro atoms. The number of hydrogen-bond acceptors (Lipinski definition) is 4. The van der Waals surface area contributed by atoms with Crippen molar-refractivity contribution in [2.75, 3.05) is 13.2 Å².